The largest absolute Gasteiger partial charge is 0.444 e. The molecule has 0 aliphatic carbocycles. The van der Waals surface area contributed by atoms with Crippen molar-refractivity contribution >= 4 is 17.7 Å². The summed E-state index contributed by atoms with van der Waals surface area (Å²) in [5.41, 5.74) is 2.64. The molecule has 1 aromatic carbocycles. The van der Waals surface area contributed by atoms with E-state index in [2.05, 4.69) is 10.5 Å². The van der Waals surface area contributed by atoms with Crippen molar-refractivity contribution in [3.05, 3.63) is 35.9 Å². The van der Waals surface area contributed by atoms with Gasteiger partial charge in [0.2, 0.25) is 0 Å². The Morgan fingerprint density at radius 2 is 1.88 bits per heavy atom. The highest BCUT2D eigenvalue weighted by molar-refractivity contribution is 6.15. The van der Waals surface area contributed by atoms with E-state index in [1.54, 1.807) is 4.90 Å². The van der Waals surface area contributed by atoms with Crippen LogP contribution in [0.3, 0.4) is 0 Å². The van der Waals surface area contributed by atoms with Gasteiger partial charge in [-0.3, -0.25) is 4.79 Å². The Balaban J connectivity index is 1.97. The number of carbonyl (C=O) groups is 2. The first-order chi connectivity index (χ1) is 12.0. The summed E-state index contributed by atoms with van der Waals surface area (Å²) >= 11 is 0. The molecule has 1 saturated heterocycles. The summed E-state index contributed by atoms with van der Waals surface area (Å²) in [6.45, 7) is 10.3. The van der Waals surface area contributed by atoms with Gasteiger partial charge in [0, 0.05) is 18.5 Å². The van der Waals surface area contributed by atoms with E-state index >= 15 is 0 Å². The van der Waals surface area contributed by atoms with Crippen LogP contribution in [0.25, 0.3) is 0 Å². The minimum Gasteiger partial charge on any atom is -0.444 e. The van der Waals surface area contributed by atoms with E-state index in [1.807, 2.05) is 65.0 Å². The molecule has 6 heteroatoms. The molecule has 0 bridgehead atoms. The fourth-order valence-corrected chi connectivity index (χ4v) is 3.93. The first-order valence-corrected chi connectivity index (χ1v) is 8.94. The highest BCUT2D eigenvalue weighted by Gasteiger charge is 2.58. The number of ether oxygens (including phenoxy) is 1. The van der Waals surface area contributed by atoms with Gasteiger partial charge in [0.25, 0.3) is 5.91 Å². The number of carbonyl (C=O) groups excluding carboxylic acids is 2. The number of nitrogens with one attached hydrogen (secondary N) is 1. The molecule has 0 spiro atoms. The summed E-state index contributed by atoms with van der Waals surface area (Å²) in [7, 11) is 0. The molecule has 1 fully saturated rings. The third-order valence-electron chi connectivity index (χ3n) is 4.85. The predicted octanol–water partition coefficient (Wildman–Crippen LogP) is 2.98. The third-order valence-corrected chi connectivity index (χ3v) is 4.85. The molecular weight excluding hydrogens is 330 g/mol. The van der Waals surface area contributed by atoms with Crippen LogP contribution in [0.4, 0.5) is 4.79 Å². The van der Waals surface area contributed by atoms with E-state index in [0.29, 0.717) is 13.0 Å². The Morgan fingerprint density at radius 3 is 2.50 bits per heavy atom. The van der Waals surface area contributed by atoms with E-state index in [0.717, 1.165) is 11.3 Å². The molecule has 26 heavy (non-hydrogen) atoms. The van der Waals surface area contributed by atoms with E-state index in [-0.39, 0.29) is 12.5 Å². The van der Waals surface area contributed by atoms with Crippen LogP contribution in [-0.4, -0.2) is 41.3 Å². The van der Waals surface area contributed by atoms with Gasteiger partial charge in [0.1, 0.15) is 11.0 Å². The average Bonchev–Trinajstić information content (AvgIpc) is 2.84. The molecule has 1 aromatic rings. The van der Waals surface area contributed by atoms with Crippen molar-refractivity contribution < 1.29 is 14.3 Å². The lowest BCUT2D eigenvalue weighted by atomic mass is 9.64. The summed E-state index contributed by atoms with van der Waals surface area (Å²) in [5, 5.41) is 4.37. The molecular formula is C20H27N3O3. The monoisotopic (exact) mass is 357 g/mol. The lowest BCUT2D eigenvalue weighted by molar-refractivity contribution is -0.127. The smallest absolute Gasteiger partial charge is 0.410 e. The normalized spacial score (nSPS) is 24.6. The number of hydrogen-bond donors (Lipinski definition) is 1. The highest BCUT2D eigenvalue weighted by atomic mass is 16.6. The van der Waals surface area contributed by atoms with E-state index < -0.39 is 22.5 Å². The number of rotatable bonds is 2. The number of piperidine rings is 1. The molecule has 0 radical (unpaired) electrons. The number of hydrogen-bond acceptors (Lipinski definition) is 4. The summed E-state index contributed by atoms with van der Waals surface area (Å²) in [5.74, 6) is -0.155. The first-order valence-electron chi connectivity index (χ1n) is 8.94. The fraction of sp³-hybridized carbons (Fsp3) is 0.550. The molecule has 2 amide bonds. The highest BCUT2D eigenvalue weighted by Crippen LogP contribution is 2.43. The summed E-state index contributed by atoms with van der Waals surface area (Å²) in [6.07, 6.45) is 0.109. The van der Waals surface area contributed by atoms with Crippen LogP contribution in [-0.2, 0) is 16.0 Å². The Labute approximate surface area is 154 Å². The molecule has 140 valence electrons. The van der Waals surface area contributed by atoms with Gasteiger partial charge in [-0.2, -0.15) is 5.10 Å². The second kappa shape index (κ2) is 6.11. The van der Waals surface area contributed by atoms with Crippen LogP contribution >= 0.6 is 0 Å². The molecule has 6 nitrogen and oxygen atoms in total. The quantitative estimate of drug-likeness (QED) is 0.884. The van der Waals surface area contributed by atoms with Crippen molar-refractivity contribution in [2.45, 2.75) is 46.6 Å². The lowest BCUT2D eigenvalue weighted by Crippen LogP contribution is -2.62. The van der Waals surface area contributed by atoms with E-state index in [1.165, 1.54) is 0 Å². The Bertz CT molecular complexity index is 749. The third kappa shape index (κ3) is 3.32. The van der Waals surface area contributed by atoms with Gasteiger partial charge in [-0.1, -0.05) is 44.2 Å². The van der Waals surface area contributed by atoms with Crippen molar-refractivity contribution in [2.75, 3.05) is 13.1 Å². The van der Waals surface area contributed by atoms with Crippen molar-refractivity contribution in [1.82, 2.24) is 10.3 Å². The molecule has 1 N–H and O–H groups in total. The SMILES string of the molecule is CC(C)(C)OC(=O)N1CC(C)(C)C2=NNC(=O)C2(Cc2ccccc2)C1. The first kappa shape index (κ1) is 18.4. The maximum atomic E-state index is 12.9. The zero-order chi connectivity index (χ0) is 19.2. The van der Waals surface area contributed by atoms with Gasteiger partial charge in [0.05, 0.1) is 5.71 Å². The van der Waals surface area contributed by atoms with Crippen LogP contribution in [0.15, 0.2) is 35.4 Å². The second-order valence-electron chi connectivity index (χ2n) is 8.87. The summed E-state index contributed by atoms with van der Waals surface area (Å²) in [6, 6.07) is 9.85. The standard InChI is InChI=1S/C20H27N3O3/c1-18(2,3)26-17(25)23-12-19(4,5)15-20(13-23,16(24)22-21-15)11-14-9-7-6-8-10-14/h6-10H,11-13H2,1-5H3,(H,22,24). The predicted molar refractivity (Wildman–Crippen MR) is 99.7 cm³/mol. The number of nitrogens with zero attached hydrogens (tertiary/aromatic N) is 2. The van der Waals surface area contributed by atoms with Gasteiger partial charge in [-0.25, -0.2) is 10.2 Å². The molecule has 0 saturated carbocycles. The fourth-order valence-electron chi connectivity index (χ4n) is 3.93. The Morgan fingerprint density at radius 1 is 1.23 bits per heavy atom. The lowest BCUT2D eigenvalue weighted by Gasteiger charge is -2.46. The maximum absolute atomic E-state index is 12.9. The van der Waals surface area contributed by atoms with Gasteiger partial charge >= 0.3 is 6.09 Å². The van der Waals surface area contributed by atoms with Gasteiger partial charge < -0.3 is 9.64 Å². The summed E-state index contributed by atoms with van der Waals surface area (Å²) in [4.78, 5) is 27.2. The molecule has 2 aliphatic rings. The summed E-state index contributed by atoms with van der Waals surface area (Å²) < 4.78 is 5.56. The van der Waals surface area contributed by atoms with Crippen LogP contribution in [0.2, 0.25) is 0 Å². The van der Waals surface area contributed by atoms with E-state index in [9.17, 15) is 9.59 Å². The van der Waals surface area contributed by atoms with Crippen molar-refractivity contribution in [3.63, 3.8) is 0 Å². The second-order valence-corrected chi connectivity index (χ2v) is 8.87. The van der Waals surface area contributed by atoms with E-state index in [4.69, 9.17) is 4.74 Å². The molecule has 1 unspecified atom stereocenters. The molecule has 2 aliphatic heterocycles. The van der Waals surface area contributed by atoms with Gasteiger partial charge in [0.15, 0.2) is 0 Å². The Hall–Kier alpha value is -2.37. The number of amides is 2. The molecule has 1 atom stereocenters. The van der Waals surface area contributed by atoms with Crippen molar-refractivity contribution in [3.8, 4) is 0 Å². The Kier molecular flexibility index (Phi) is 4.33. The van der Waals surface area contributed by atoms with Crippen LogP contribution in [0.5, 0.6) is 0 Å². The van der Waals surface area contributed by atoms with Crippen LogP contribution in [0, 0.1) is 10.8 Å². The van der Waals surface area contributed by atoms with Gasteiger partial charge in [-0.05, 0) is 32.8 Å². The topological polar surface area (TPSA) is 71.0 Å². The average molecular weight is 357 g/mol. The number of hydrazone groups is 1. The number of fused-ring (bicyclic) bond motifs is 1. The number of likely N-dealkylation sites (tertiary alicyclic amines) is 1. The zero-order valence-electron chi connectivity index (χ0n) is 16.1. The maximum Gasteiger partial charge on any atom is 0.410 e. The van der Waals surface area contributed by atoms with Crippen LogP contribution < -0.4 is 5.43 Å². The molecule has 0 aromatic heterocycles. The van der Waals surface area contributed by atoms with Crippen molar-refractivity contribution in [2.24, 2.45) is 15.9 Å². The minimum absolute atomic E-state index is 0.155. The van der Waals surface area contributed by atoms with Gasteiger partial charge in [-0.15, -0.1) is 0 Å². The minimum atomic E-state index is -0.861. The zero-order valence-corrected chi connectivity index (χ0v) is 16.1. The van der Waals surface area contributed by atoms with Crippen LogP contribution in [0.1, 0.15) is 40.2 Å². The molecule has 3 rings (SSSR count). The van der Waals surface area contributed by atoms with Crippen molar-refractivity contribution in [1.29, 1.82) is 0 Å². The number of benzene rings is 1. The molecule has 2 heterocycles.